The first-order valence-corrected chi connectivity index (χ1v) is 9.23. The zero-order valence-electron chi connectivity index (χ0n) is 17.2. The van der Waals surface area contributed by atoms with Crippen molar-refractivity contribution in [3.63, 3.8) is 0 Å². The molecule has 0 aromatic heterocycles. The maximum absolute atomic E-state index is 11.1. The summed E-state index contributed by atoms with van der Waals surface area (Å²) >= 11 is 0. The second kappa shape index (κ2) is 8.73. The van der Waals surface area contributed by atoms with E-state index < -0.39 is 10.8 Å². The van der Waals surface area contributed by atoms with Crippen LogP contribution in [0.2, 0.25) is 0 Å². The van der Waals surface area contributed by atoms with Crippen LogP contribution in [0, 0.1) is 17.0 Å². The summed E-state index contributed by atoms with van der Waals surface area (Å²) in [6.45, 7) is 1.93. The fourth-order valence-corrected chi connectivity index (χ4v) is 3.51. The molecule has 0 fully saturated rings. The van der Waals surface area contributed by atoms with E-state index in [-0.39, 0.29) is 11.4 Å². The van der Waals surface area contributed by atoms with Crippen molar-refractivity contribution in [3.8, 4) is 23.0 Å². The second-order valence-electron chi connectivity index (χ2n) is 6.79. The van der Waals surface area contributed by atoms with Gasteiger partial charge in [-0.05, 0) is 18.6 Å². The van der Waals surface area contributed by atoms with Gasteiger partial charge in [0.25, 0.3) is 5.69 Å². The molecular formula is C23H23NO6. The van der Waals surface area contributed by atoms with Crippen LogP contribution in [0.25, 0.3) is 0 Å². The predicted octanol–water partition coefficient (Wildman–Crippen LogP) is 4.81. The van der Waals surface area contributed by atoms with Gasteiger partial charge in [-0.1, -0.05) is 29.8 Å². The van der Waals surface area contributed by atoms with Gasteiger partial charge in [-0.15, -0.1) is 0 Å². The highest BCUT2D eigenvalue weighted by atomic mass is 16.6. The molecule has 0 radical (unpaired) electrons. The van der Waals surface area contributed by atoms with E-state index in [9.17, 15) is 15.2 Å². The molecule has 0 aliphatic rings. The molecule has 7 heteroatoms. The summed E-state index contributed by atoms with van der Waals surface area (Å²) in [4.78, 5) is 10.7. The quantitative estimate of drug-likeness (QED) is 0.342. The van der Waals surface area contributed by atoms with Crippen LogP contribution in [-0.4, -0.2) is 31.4 Å². The van der Waals surface area contributed by atoms with E-state index in [1.54, 1.807) is 51.7 Å². The third kappa shape index (κ3) is 4.00. The van der Waals surface area contributed by atoms with Crippen LogP contribution in [0.4, 0.5) is 5.69 Å². The Morgan fingerprint density at radius 1 is 0.900 bits per heavy atom. The Morgan fingerprint density at radius 3 is 2.00 bits per heavy atom. The first-order chi connectivity index (χ1) is 14.4. The van der Waals surface area contributed by atoms with E-state index in [2.05, 4.69) is 0 Å². The standard InChI is InChI=1S/C23H23NO6/c1-14-5-10-19(25)18(11-14)22(15-6-8-16(9-7-15)24(26)27)23-20(29-3)12-17(28-2)13-21(23)30-4/h5-13,22,25H,1-4H3. The largest absolute Gasteiger partial charge is 0.508 e. The van der Waals surface area contributed by atoms with Crippen LogP contribution in [-0.2, 0) is 0 Å². The first-order valence-electron chi connectivity index (χ1n) is 9.23. The Balaban J connectivity index is 2.33. The van der Waals surface area contributed by atoms with Crippen molar-refractivity contribution in [2.75, 3.05) is 21.3 Å². The Kier molecular flexibility index (Phi) is 6.11. The smallest absolute Gasteiger partial charge is 0.269 e. The van der Waals surface area contributed by atoms with Crippen LogP contribution in [0.5, 0.6) is 23.0 Å². The number of benzene rings is 3. The lowest BCUT2D eigenvalue weighted by Crippen LogP contribution is -2.09. The van der Waals surface area contributed by atoms with Gasteiger partial charge in [-0.25, -0.2) is 0 Å². The third-order valence-corrected chi connectivity index (χ3v) is 4.97. The van der Waals surface area contributed by atoms with Crippen molar-refractivity contribution < 1.29 is 24.2 Å². The molecular weight excluding hydrogens is 386 g/mol. The molecule has 156 valence electrons. The van der Waals surface area contributed by atoms with Crippen LogP contribution >= 0.6 is 0 Å². The molecule has 0 bridgehead atoms. The number of non-ortho nitro benzene ring substituents is 1. The molecule has 1 N–H and O–H groups in total. The zero-order chi connectivity index (χ0) is 21.8. The number of nitro benzene ring substituents is 1. The molecule has 0 aliphatic carbocycles. The van der Waals surface area contributed by atoms with Crippen molar-refractivity contribution in [3.05, 3.63) is 87.0 Å². The molecule has 7 nitrogen and oxygen atoms in total. The molecule has 1 atom stereocenters. The lowest BCUT2D eigenvalue weighted by molar-refractivity contribution is -0.384. The molecule has 0 spiro atoms. The van der Waals surface area contributed by atoms with Crippen molar-refractivity contribution in [2.24, 2.45) is 0 Å². The van der Waals surface area contributed by atoms with Gasteiger partial charge in [0.05, 0.1) is 26.3 Å². The highest BCUT2D eigenvalue weighted by Crippen LogP contribution is 2.47. The zero-order valence-corrected chi connectivity index (χ0v) is 17.2. The highest BCUT2D eigenvalue weighted by Gasteiger charge is 2.28. The van der Waals surface area contributed by atoms with Gasteiger partial charge in [0.15, 0.2) is 0 Å². The van der Waals surface area contributed by atoms with Crippen molar-refractivity contribution in [1.82, 2.24) is 0 Å². The third-order valence-electron chi connectivity index (χ3n) is 4.97. The van der Waals surface area contributed by atoms with Crippen LogP contribution in [0.15, 0.2) is 54.6 Å². The number of methoxy groups -OCH3 is 3. The van der Waals surface area contributed by atoms with Gasteiger partial charge in [0.2, 0.25) is 0 Å². The minimum absolute atomic E-state index is 0.0142. The number of aryl methyl sites for hydroxylation is 1. The number of phenolic OH excluding ortho intramolecular Hbond substituents is 1. The van der Waals surface area contributed by atoms with Crippen molar-refractivity contribution in [2.45, 2.75) is 12.8 Å². The normalized spacial score (nSPS) is 11.6. The van der Waals surface area contributed by atoms with Crippen molar-refractivity contribution in [1.29, 1.82) is 0 Å². The van der Waals surface area contributed by atoms with Crippen LogP contribution in [0.3, 0.4) is 0 Å². The molecule has 0 saturated heterocycles. The number of phenols is 1. The molecule has 0 amide bonds. The summed E-state index contributed by atoms with van der Waals surface area (Å²) < 4.78 is 16.6. The molecule has 3 aromatic rings. The monoisotopic (exact) mass is 409 g/mol. The maximum Gasteiger partial charge on any atom is 0.269 e. The molecule has 1 unspecified atom stereocenters. The van der Waals surface area contributed by atoms with E-state index in [0.29, 0.717) is 28.4 Å². The van der Waals surface area contributed by atoms with E-state index in [4.69, 9.17) is 14.2 Å². The number of ether oxygens (including phenoxy) is 3. The Bertz CT molecular complexity index is 1040. The second-order valence-corrected chi connectivity index (χ2v) is 6.79. The number of nitrogens with zero attached hydrogens (tertiary/aromatic N) is 1. The molecule has 3 rings (SSSR count). The SMILES string of the molecule is COc1cc(OC)c(C(c2ccc([N+](=O)[O-])cc2)c2cc(C)ccc2O)c(OC)c1. The summed E-state index contributed by atoms with van der Waals surface area (Å²) in [5.74, 6) is 1.18. The summed E-state index contributed by atoms with van der Waals surface area (Å²) in [6.07, 6.45) is 0. The van der Waals surface area contributed by atoms with E-state index in [1.807, 2.05) is 19.1 Å². The lowest BCUT2D eigenvalue weighted by atomic mass is 9.83. The van der Waals surface area contributed by atoms with E-state index in [1.165, 1.54) is 12.1 Å². The summed E-state index contributed by atoms with van der Waals surface area (Å²) in [7, 11) is 4.63. The van der Waals surface area contributed by atoms with Crippen molar-refractivity contribution >= 4 is 5.69 Å². The Morgan fingerprint density at radius 2 is 1.50 bits per heavy atom. The Labute approximate surface area is 174 Å². The van der Waals surface area contributed by atoms with Gasteiger partial charge in [0.1, 0.15) is 23.0 Å². The number of aromatic hydroxyl groups is 1. The molecule has 0 aliphatic heterocycles. The number of hydrogen-bond acceptors (Lipinski definition) is 6. The average molecular weight is 409 g/mol. The molecule has 0 saturated carbocycles. The minimum Gasteiger partial charge on any atom is -0.508 e. The van der Waals surface area contributed by atoms with E-state index in [0.717, 1.165) is 11.1 Å². The number of hydrogen-bond donors (Lipinski definition) is 1. The van der Waals surface area contributed by atoms with Crippen LogP contribution in [0.1, 0.15) is 28.2 Å². The molecule has 0 heterocycles. The van der Waals surface area contributed by atoms with Gasteiger partial charge in [-0.3, -0.25) is 10.1 Å². The Hall–Kier alpha value is -3.74. The number of rotatable bonds is 7. The molecule has 30 heavy (non-hydrogen) atoms. The summed E-state index contributed by atoms with van der Waals surface area (Å²) in [5, 5.41) is 21.8. The van der Waals surface area contributed by atoms with Gasteiger partial charge >= 0.3 is 0 Å². The fourth-order valence-electron chi connectivity index (χ4n) is 3.51. The fraction of sp³-hybridized carbons (Fsp3) is 0.217. The minimum atomic E-state index is -0.499. The predicted molar refractivity (Wildman–Crippen MR) is 113 cm³/mol. The van der Waals surface area contributed by atoms with Gasteiger partial charge in [0, 0.05) is 41.3 Å². The highest BCUT2D eigenvalue weighted by molar-refractivity contribution is 5.61. The topological polar surface area (TPSA) is 91.1 Å². The first kappa shape index (κ1) is 21.0. The van der Waals surface area contributed by atoms with Gasteiger partial charge in [-0.2, -0.15) is 0 Å². The average Bonchev–Trinajstić information content (AvgIpc) is 2.76. The lowest BCUT2D eigenvalue weighted by Gasteiger charge is -2.25. The summed E-state index contributed by atoms with van der Waals surface area (Å²) in [5.41, 5.74) is 2.99. The number of nitro groups is 1. The summed E-state index contributed by atoms with van der Waals surface area (Å²) in [6, 6.07) is 15.0. The van der Waals surface area contributed by atoms with Crippen LogP contribution < -0.4 is 14.2 Å². The molecule has 3 aromatic carbocycles. The van der Waals surface area contributed by atoms with Gasteiger partial charge < -0.3 is 19.3 Å². The maximum atomic E-state index is 11.1. The van der Waals surface area contributed by atoms with E-state index >= 15 is 0 Å².